The van der Waals surface area contributed by atoms with Gasteiger partial charge in [0.2, 0.25) is 5.88 Å². The van der Waals surface area contributed by atoms with Gasteiger partial charge in [0.05, 0.1) is 31.5 Å². The number of rotatable bonds is 3. The van der Waals surface area contributed by atoms with Gasteiger partial charge in [-0.05, 0) is 12.1 Å². The van der Waals surface area contributed by atoms with Crippen molar-refractivity contribution in [2.75, 3.05) is 20.0 Å². The van der Waals surface area contributed by atoms with Gasteiger partial charge in [0, 0.05) is 5.56 Å². The summed E-state index contributed by atoms with van der Waals surface area (Å²) in [4.78, 5) is 11.6. The minimum atomic E-state index is -0.561. The van der Waals surface area contributed by atoms with Crippen LogP contribution in [0.3, 0.4) is 0 Å². The molecule has 0 amide bonds. The van der Waals surface area contributed by atoms with Gasteiger partial charge in [-0.2, -0.15) is 0 Å². The van der Waals surface area contributed by atoms with Crippen LogP contribution in [0.2, 0.25) is 0 Å². The van der Waals surface area contributed by atoms with E-state index in [0.29, 0.717) is 5.56 Å². The molecule has 7 heteroatoms. The Bertz CT molecular complexity index is 621. The molecule has 0 saturated carbocycles. The normalized spacial score (nSPS) is 10.2. The van der Waals surface area contributed by atoms with E-state index in [4.69, 9.17) is 15.0 Å². The van der Waals surface area contributed by atoms with Crippen molar-refractivity contribution in [2.24, 2.45) is 0 Å². The van der Waals surface area contributed by atoms with Crippen LogP contribution in [0.15, 0.2) is 22.9 Å². The number of nitrogen functional groups attached to an aromatic ring is 1. The van der Waals surface area contributed by atoms with Gasteiger partial charge < -0.3 is 24.8 Å². The van der Waals surface area contributed by atoms with Crippen LogP contribution in [0.1, 0.15) is 10.4 Å². The van der Waals surface area contributed by atoms with E-state index in [9.17, 15) is 9.90 Å². The second-order valence-corrected chi connectivity index (χ2v) is 3.67. The number of aromatic hydroxyl groups is 1. The Morgan fingerprint density at radius 2 is 2.11 bits per heavy atom. The van der Waals surface area contributed by atoms with Gasteiger partial charge >= 0.3 is 5.97 Å². The number of hydrogen-bond donors (Lipinski definition) is 2. The summed E-state index contributed by atoms with van der Waals surface area (Å²) in [5.74, 6) is -0.572. The Balaban J connectivity index is 2.66. The number of benzene rings is 1. The largest absolute Gasteiger partial charge is 0.504 e. The fourth-order valence-electron chi connectivity index (χ4n) is 1.66. The second kappa shape index (κ2) is 4.89. The van der Waals surface area contributed by atoms with Crippen molar-refractivity contribution in [1.29, 1.82) is 0 Å². The van der Waals surface area contributed by atoms with Crippen LogP contribution in [0.25, 0.3) is 11.1 Å². The monoisotopic (exact) mass is 264 g/mol. The number of carbonyl (C=O) groups excluding carboxylic acids is 1. The minimum Gasteiger partial charge on any atom is -0.504 e. The van der Waals surface area contributed by atoms with E-state index in [-0.39, 0.29) is 28.5 Å². The number of phenols is 1. The lowest BCUT2D eigenvalue weighted by molar-refractivity contribution is 0.0600. The van der Waals surface area contributed by atoms with Crippen LogP contribution in [0, 0.1) is 0 Å². The first kappa shape index (κ1) is 12.7. The molecule has 0 spiro atoms. The molecule has 100 valence electrons. The number of nitrogens with zero attached hydrogens (tertiary/aromatic N) is 1. The molecule has 1 aromatic carbocycles. The smallest absolute Gasteiger partial charge is 0.338 e. The van der Waals surface area contributed by atoms with Crippen molar-refractivity contribution >= 4 is 11.9 Å². The first-order chi connectivity index (χ1) is 9.08. The number of phenolic OH excluding ortho intramolecular Hbond substituents is 1. The quantitative estimate of drug-likeness (QED) is 0.807. The van der Waals surface area contributed by atoms with Gasteiger partial charge in [-0.1, -0.05) is 5.16 Å². The Labute approximate surface area is 108 Å². The van der Waals surface area contributed by atoms with Crippen LogP contribution in [-0.2, 0) is 4.74 Å². The van der Waals surface area contributed by atoms with Crippen molar-refractivity contribution in [2.45, 2.75) is 0 Å². The van der Waals surface area contributed by atoms with Crippen LogP contribution >= 0.6 is 0 Å². The number of carbonyl (C=O) groups is 1. The summed E-state index contributed by atoms with van der Waals surface area (Å²) in [6.45, 7) is 0. The molecule has 0 unspecified atom stereocenters. The molecular weight excluding hydrogens is 252 g/mol. The molecule has 19 heavy (non-hydrogen) atoms. The standard InChI is InChI=1S/C12H12N2O5/c1-17-9-4-6(12(16)18-2)3-7(10(9)15)8-5-14-19-11(8)13/h3-5,15H,13H2,1-2H3. The van der Waals surface area contributed by atoms with Crippen molar-refractivity contribution < 1.29 is 23.9 Å². The van der Waals surface area contributed by atoms with Crippen LogP contribution < -0.4 is 10.5 Å². The summed E-state index contributed by atoms with van der Waals surface area (Å²) in [6, 6.07) is 2.79. The topological polar surface area (TPSA) is 108 Å². The Hall–Kier alpha value is -2.70. The molecule has 0 bridgehead atoms. The van der Waals surface area contributed by atoms with Gasteiger partial charge in [0.1, 0.15) is 0 Å². The Morgan fingerprint density at radius 3 is 2.63 bits per heavy atom. The van der Waals surface area contributed by atoms with Crippen molar-refractivity contribution in [3.8, 4) is 22.6 Å². The molecule has 3 N–H and O–H groups in total. The number of anilines is 1. The lowest BCUT2D eigenvalue weighted by Gasteiger charge is -2.10. The summed E-state index contributed by atoms with van der Waals surface area (Å²) in [6.07, 6.45) is 1.34. The van der Waals surface area contributed by atoms with Crippen LogP contribution in [0.4, 0.5) is 5.88 Å². The molecule has 1 aromatic heterocycles. The highest BCUT2D eigenvalue weighted by Crippen LogP contribution is 2.40. The maximum absolute atomic E-state index is 11.6. The summed E-state index contributed by atoms with van der Waals surface area (Å²) in [7, 11) is 2.63. The van der Waals surface area contributed by atoms with Crippen molar-refractivity contribution in [1.82, 2.24) is 5.16 Å². The first-order valence-electron chi connectivity index (χ1n) is 5.28. The molecular formula is C12H12N2O5. The van der Waals surface area contributed by atoms with Gasteiger partial charge in [-0.3, -0.25) is 0 Å². The fraction of sp³-hybridized carbons (Fsp3) is 0.167. The third-order valence-corrected chi connectivity index (χ3v) is 2.60. The highest BCUT2D eigenvalue weighted by atomic mass is 16.5. The van der Waals surface area contributed by atoms with E-state index < -0.39 is 5.97 Å². The maximum atomic E-state index is 11.6. The molecule has 0 aliphatic rings. The summed E-state index contributed by atoms with van der Waals surface area (Å²) in [5.41, 5.74) is 6.45. The third-order valence-electron chi connectivity index (χ3n) is 2.60. The number of esters is 1. The zero-order valence-corrected chi connectivity index (χ0v) is 10.3. The van der Waals surface area contributed by atoms with Gasteiger partial charge in [0.25, 0.3) is 0 Å². The van der Waals surface area contributed by atoms with Crippen molar-refractivity contribution in [3.63, 3.8) is 0 Å². The summed E-state index contributed by atoms with van der Waals surface area (Å²) in [5, 5.41) is 13.6. The van der Waals surface area contributed by atoms with Gasteiger partial charge in [0.15, 0.2) is 11.5 Å². The third kappa shape index (κ3) is 2.17. The molecule has 0 saturated heterocycles. The van der Waals surface area contributed by atoms with E-state index in [1.54, 1.807) is 0 Å². The summed E-state index contributed by atoms with van der Waals surface area (Å²) >= 11 is 0. The zero-order chi connectivity index (χ0) is 14.0. The van der Waals surface area contributed by atoms with Gasteiger partial charge in [-0.15, -0.1) is 0 Å². The number of methoxy groups -OCH3 is 2. The molecule has 0 fully saturated rings. The number of nitrogens with two attached hydrogens (primary N) is 1. The number of hydrogen-bond acceptors (Lipinski definition) is 7. The Kier molecular flexibility index (Phi) is 3.28. The average molecular weight is 264 g/mol. The lowest BCUT2D eigenvalue weighted by atomic mass is 10.0. The molecule has 0 radical (unpaired) electrons. The molecule has 2 rings (SSSR count). The molecule has 0 aliphatic carbocycles. The molecule has 7 nitrogen and oxygen atoms in total. The molecule has 0 atom stereocenters. The predicted molar refractivity (Wildman–Crippen MR) is 65.9 cm³/mol. The van der Waals surface area contributed by atoms with Crippen molar-refractivity contribution in [3.05, 3.63) is 23.9 Å². The van der Waals surface area contributed by atoms with Crippen LogP contribution in [-0.4, -0.2) is 30.5 Å². The number of ether oxygens (including phenoxy) is 2. The summed E-state index contributed by atoms with van der Waals surface area (Å²) < 4.78 is 14.4. The zero-order valence-electron chi connectivity index (χ0n) is 10.3. The van der Waals surface area contributed by atoms with E-state index in [0.717, 1.165) is 0 Å². The molecule has 0 aliphatic heterocycles. The fourth-order valence-corrected chi connectivity index (χ4v) is 1.66. The lowest BCUT2D eigenvalue weighted by Crippen LogP contribution is -2.02. The van der Waals surface area contributed by atoms with E-state index in [1.165, 1.54) is 32.5 Å². The van der Waals surface area contributed by atoms with Crippen LogP contribution in [0.5, 0.6) is 11.5 Å². The minimum absolute atomic E-state index is 0.0272. The van der Waals surface area contributed by atoms with E-state index in [2.05, 4.69) is 9.89 Å². The average Bonchev–Trinajstić information content (AvgIpc) is 2.84. The first-order valence-corrected chi connectivity index (χ1v) is 5.28. The Morgan fingerprint density at radius 1 is 1.37 bits per heavy atom. The number of aromatic nitrogens is 1. The van der Waals surface area contributed by atoms with Gasteiger partial charge in [-0.25, -0.2) is 4.79 Å². The molecule has 2 aromatic rings. The predicted octanol–water partition coefficient (Wildman–Crippen LogP) is 1.42. The molecule has 1 heterocycles. The highest BCUT2D eigenvalue weighted by molar-refractivity contribution is 5.93. The maximum Gasteiger partial charge on any atom is 0.338 e. The van der Waals surface area contributed by atoms with E-state index >= 15 is 0 Å². The van der Waals surface area contributed by atoms with E-state index in [1.807, 2.05) is 0 Å². The highest BCUT2D eigenvalue weighted by Gasteiger charge is 2.19. The SMILES string of the molecule is COC(=O)c1cc(OC)c(O)c(-c2cnoc2N)c1. The second-order valence-electron chi connectivity index (χ2n) is 3.67.